The number of aliphatic imine (C=N–C) groups is 1. The average Bonchev–Trinajstić information content (AvgIpc) is 1.59. The van der Waals surface area contributed by atoms with E-state index in [2.05, 4.69) is 57.5 Å². The van der Waals surface area contributed by atoms with Crippen molar-refractivity contribution in [3.05, 3.63) is 132 Å². The molecule has 10 atom stereocenters. The summed E-state index contributed by atoms with van der Waals surface area (Å²) in [7, 11) is 0. The number of hydrogen-bond acceptors (Lipinski definition) is 15. The number of rotatable bonds is 21. The highest BCUT2D eigenvalue weighted by molar-refractivity contribution is 6.01. The van der Waals surface area contributed by atoms with E-state index in [4.69, 9.17) is 22.9 Å². The van der Waals surface area contributed by atoms with E-state index in [-0.39, 0.29) is 114 Å². The standard InChI is InChI=1S/C73H97N17O12/c1-42(2)62-70(100)83-55(20-11-33-78-73(76)77)64(94)81-53(18-7-9-31-74)63(93)82-54(19-8-10-32-75)65(95)84-57(38-45-40-79-51-16-5-3-14-49(45)51)67(97)87-59(37-44-25-29-48(92)30-26-44)71(101)90-35-13-22-61(90)72(102)89-34-12-21-60(89)69(99)86-56(36-43-23-27-47(91)28-24-43)66(96)85-58(68(98)88-62)39-46-41-80-52-17-6-4-15-50(46)52/h3-6,14-17,23-30,40-42,53-62,79-80,91-92H,7-13,18-22,31-39,74-75H2,1-2H3,(H,81,94)(H,82,93)(H,83,100)(H,84,95)(H,85,96)(H,86,99)(H,87,97)(H,88,98)(H4,76,77,78)/t53-,54-,55-,56-,57-,58-,59-,60-,61+,62-/m0/s1. The number of phenolic OH excluding ortho intramolecular Hbond substituents is 2. The fourth-order valence-electron chi connectivity index (χ4n) is 13.6. The van der Waals surface area contributed by atoms with Gasteiger partial charge in [-0.25, -0.2) is 0 Å². The molecule has 5 heterocycles. The zero-order chi connectivity index (χ0) is 73.0. The number of phenols is 2. The van der Waals surface area contributed by atoms with Gasteiger partial charge in [0.25, 0.3) is 0 Å². The van der Waals surface area contributed by atoms with Crippen molar-refractivity contribution in [3.63, 3.8) is 0 Å². The van der Waals surface area contributed by atoms with Crippen molar-refractivity contribution in [3.8, 4) is 11.5 Å². The molecule has 546 valence electrons. The molecule has 20 N–H and O–H groups in total. The number of carbonyl (C=O) groups excluding carboxylic acids is 10. The van der Waals surface area contributed by atoms with Crippen LogP contribution >= 0.6 is 0 Å². The molecular weight excluding hydrogens is 1310 g/mol. The average molecular weight is 1400 g/mol. The van der Waals surface area contributed by atoms with Crippen molar-refractivity contribution in [2.45, 2.75) is 177 Å². The highest BCUT2D eigenvalue weighted by Crippen LogP contribution is 2.28. The summed E-state index contributed by atoms with van der Waals surface area (Å²) < 4.78 is 0. The Morgan fingerprint density at radius 3 is 1.32 bits per heavy atom. The van der Waals surface area contributed by atoms with E-state index >= 15 is 33.6 Å². The summed E-state index contributed by atoms with van der Waals surface area (Å²) in [6.45, 7) is 4.04. The van der Waals surface area contributed by atoms with Crippen LogP contribution in [0.5, 0.6) is 11.5 Å². The van der Waals surface area contributed by atoms with Crippen molar-refractivity contribution >= 4 is 86.8 Å². The highest BCUT2D eigenvalue weighted by atomic mass is 16.3. The maximum atomic E-state index is 15.5. The van der Waals surface area contributed by atoms with Gasteiger partial charge in [0.2, 0.25) is 59.1 Å². The number of aromatic hydroxyl groups is 2. The monoisotopic (exact) mass is 1400 g/mol. The number of H-pyrrole nitrogens is 2. The second-order valence-corrected chi connectivity index (χ2v) is 26.9. The summed E-state index contributed by atoms with van der Waals surface area (Å²) in [6.07, 6.45) is 5.51. The van der Waals surface area contributed by atoms with Crippen molar-refractivity contribution in [2.75, 3.05) is 32.7 Å². The molecule has 3 saturated heterocycles. The summed E-state index contributed by atoms with van der Waals surface area (Å²) in [6, 6.07) is 13.2. The molecule has 3 aliphatic heterocycles. The third kappa shape index (κ3) is 20.1. The molecule has 6 aromatic rings. The Morgan fingerprint density at radius 1 is 0.451 bits per heavy atom. The largest absolute Gasteiger partial charge is 0.508 e. The summed E-state index contributed by atoms with van der Waals surface area (Å²) in [5, 5.41) is 45.0. The molecule has 0 bridgehead atoms. The lowest BCUT2D eigenvalue weighted by atomic mass is 9.99. The lowest BCUT2D eigenvalue weighted by molar-refractivity contribution is -0.148. The van der Waals surface area contributed by atoms with Crippen LogP contribution in [-0.2, 0) is 73.6 Å². The van der Waals surface area contributed by atoms with Gasteiger partial charge in [0.1, 0.15) is 71.9 Å². The molecule has 3 aliphatic rings. The Hall–Kier alpha value is -10.5. The normalized spacial score (nSPS) is 23.5. The Balaban J connectivity index is 1.13. The number of aromatic amines is 2. The Morgan fingerprint density at radius 2 is 0.843 bits per heavy atom. The number of aromatic nitrogens is 2. The third-order valence-electron chi connectivity index (χ3n) is 19.1. The molecule has 3 fully saturated rings. The lowest BCUT2D eigenvalue weighted by Crippen LogP contribution is -2.62. The number of benzene rings is 4. The molecule has 9 rings (SSSR count). The first-order valence-corrected chi connectivity index (χ1v) is 35.2. The lowest BCUT2D eigenvalue weighted by Gasteiger charge is -2.34. The summed E-state index contributed by atoms with van der Waals surface area (Å²) in [4.78, 5) is 165. The van der Waals surface area contributed by atoms with Crippen LogP contribution in [0.25, 0.3) is 21.8 Å². The van der Waals surface area contributed by atoms with Crippen molar-refractivity contribution in [1.29, 1.82) is 0 Å². The minimum atomic E-state index is -1.44. The molecule has 2 aromatic heterocycles. The molecular formula is C73H97N17O12. The van der Waals surface area contributed by atoms with Crippen LogP contribution in [0.2, 0.25) is 0 Å². The third-order valence-corrected chi connectivity index (χ3v) is 19.1. The van der Waals surface area contributed by atoms with E-state index in [9.17, 15) is 24.6 Å². The first kappa shape index (κ1) is 75.6. The molecule has 102 heavy (non-hydrogen) atoms. The van der Waals surface area contributed by atoms with Gasteiger partial charge in [-0.2, -0.15) is 0 Å². The van der Waals surface area contributed by atoms with Crippen LogP contribution in [0.4, 0.5) is 0 Å². The van der Waals surface area contributed by atoms with Crippen molar-refractivity contribution in [2.24, 2.45) is 33.8 Å². The highest BCUT2D eigenvalue weighted by Gasteiger charge is 2.45. The summed E-state index contributed by atoms with van der Waals surface area (Å²) >= 11 is 0. The van der Waals surface area contributed by atoms with Gasteiger partial charge in [0.15, 0.2) is 5.96 Å². The van der Waals surface area contributed by atoms with Crippen LogP contribution < -0.4 is 65.5 Å². The molecule has 29 nitrogen and oxygen atoms in total. The number of unbranched alkanes of at least 4 members (excludes halogenated alkanes) is 2. The molecule has 0 aliphatic carbocycles. The predicted molar refractivity (Wildman–Crippen MR) is 383 cm³/mol. The van der Waals surface area contributed by atoms with Gasteiger partial charge >= 0.3 is 0 Å². The van der Waals surface area contributed by atoms with E-state index in [1.807, 2.05) is 48.5 Å². The molecule has 29 heteroatoms. The van der Waals surface area contributed by atoms with E-state index in [0.717, 1.165) is 21.8 Å². The number of hydrogen-bond donors (Lipinski definition) is 16. The molecule has 0 spiro atoms. The molecule has 0 saturated carbocycles. The zero-order valence-electron chi connectivity index (χ0n) is 57.7. The SMILES string of the molecule is CC(C)[C@@H]1NC(=O)[C@H](Cc2c[nH]c3ccccc23)NC(=O)[C@H](Cc2ccc(O)cc2)NC(=O)[C@@H]2CCCN2C(=O)[C@H]2CCCN2C(=O)[C@H](Cc2ccc(O)cc2)NC(=O)[C@H](Cc2c[nH]c3ccccc23)NC(=O)[C@H](CCCCN)NC(=O)[C@H](CCCCN)NC(=O)[C@H](CCCN=C(N)N)NC1=O. The number of para-hydroxylation sites is 2. The molecule has 0 unspecified atom stereocenters. The predicted octanol–water partition coefficient (Wildman–Crippen LogP) is 1.17. The molecule has 0 radical (unpaired) electrons. The molecule has 4 aromatic carbocycles. The first-order valence-electron chi connectivity index (χ1n) is 35.2. The fraction of sp³-hybridized carbons (Fsp3) is 0.466. The maximum absolute atomic E-state index is 15.5. The second kappa shape index (κ2) is 36.2. The first-order chi connectivity index (χ1) is 49.1. The van der Waals surface area contributed by atoms with Crippen LogP contribution in [0, 0.1) is 5.92 Å². The van der Waals surface area contributed by atoms with E-state index in [0.29, 0.717) is 60.8 Å². The van der Waals surface area contributed by atoms with E-state index in [1.165, 1.54) is 34.1 Å². The summed E-state index contributed by atoms with van der Waals surface area (Å²) in [5.41, 5.74) is 27.0. The number of nitrogens with two attached hydrogens (primary N) is 4. The second-order valence-electron chi connectivity index (χ2n) is 26.9. The number of amides is 10. The number of fused-ring (bicyclic) bond motifs is 4. The Labute approximate surface area is 591 Å². The Kier molecular flexibility index (Phi) is 26.8. The van der Waals surface area contributed by atoms with E-state index in [1.54, 1.807) is 50.5 Å². The topological polar surface area (TPSA) is 462 Å². The van der Waals surface area contributed by atoms with Gasteiger partial charge in [0.05, 0.1) is 0 Å². The van der Waals surface area contributed by atoms with Gasteiger partial charge < -0.3 is 95.4 Å². The number of nitrogens with one attached hydrogen (secondary N) is 10. The van der Waals surface area contributed by atoms with Gasteiger partial charge in [-0.05, 0) is 155 Å². The number of carbonyl (C=O) groups is 10. The van der Waals surface area contributed by atoms with Crippen molar-refractivity contribution < 1.29 is 58.2 Å². The van der Waals surface area contributed by atoms with E-state index < -0.39 is 125 Å². The maximum Gasteiger partial charge on any atom is 0.246 e. The smallest absolute Gasteiger partial charge is 0.246 e. The van der Waals surface area contributed by atoms with Gasteiger partial charge in [-0.1, -0.05) is 74.5 Å². The van der Waals surface area contributed by atoms with Gasteiger partial charge in [-0.3, -0.25) is 52.9 Å². The van der Waals surface area contributed by atoms with Gasteiger partial charge in [-0.15, -0.1) is 0 Å². The quantitative estimate of drug-likeness (QED) is 0.0273. The fourth-order valence-corrected chi connectivity index (χ4v) is 13.6. The summed E-state index contributed by atoms with van der Waals surface area (Å²) in [5.74, 6) is -8.54. The van der Waals surface area contributed by atoms with Crippen molar-refractivity contribution in [1.82, 2.24) is 62.3 Å². The minimum Gasteiger partial charge on any atom is -0.508 e. The van der Waals surface area contributed by atoms with Crippen LogP contribution in [0.3, 0.4) is 0 Å². The minimum absolute atomic E-state index is 0.0123. The van der Waals surface area contributed by atoms with Crippen LogP contribution in [0.1, 0.15) is 113 Å². The number of guanidine groups is 1. The Bertz CT molecular complexity index is 3950. The number of nitrogens with zero attached hydrogens (tertiary/aromatic N) is 3. The molecule has 10 amide bonds. The zero-order valence-corrected chi connectivity index (χ0v) is 57.7. The van der Waals surface area contributed by atoms with Gasteiger partial charge in [0, 0.05) is 79.5 Å². The van der Waals surface area contributed by atoms with Crippen LogP contribution in [-0.4, -0.2) is 188 Å². The van der Waals surface area contributed by atoms with Crippen LogP contribution in [0.15, 0.2) is 114 Å².